The zero-order chi connectivity index (χ0) is 17.6. The van der Waals surface area contributed by atoms with Crippen LogP contribution < -0.4 is 10.6 Å². The van der Waals surface area contributed by atoms with Gasteiger partial charge in [0, 0.05) is 35.3 Å². The molecule has 24 heavy (non-hydrogen) atoms. The molecule has 1 saturated carbocycles. The Labute approximate surface area is 150 Å². The van der Waals surface area contributed by atoms with Crippen LogP contribution in [0.25, 0.3) is 0 Å². The summed E-state index contributed by atoms with van der Waals surface area (Å²) >= 11 is 5.86. The quantitative estimate of drug-likeness (QED) is 0.782. The minimum absolute atomic E-state index is 0.0277. The highest BCUT2D eigenvalue weighted by atomic mass is 35.5. The maximum absolute atomic E-state index is 12.2. The van der Waals surface area contributed by atoms with Gasteiger partial charge in [0.1, 0.15) is 0 Å². The van der Waals surface area contributed by atoms with E-state index in [0.29, 0.717) is 11.4 Å². The second kappa shape index (κ2) is 8.84. The Morgan fingerprint density at radius 3 is 2.42 bits per heavy atom. The number of amides is 1. The Bertz CT molecular complexity index is 524. The third-order valence-corrected chi connectivity index (χ3v) is 5.38. The van der Waals surface area contributed by atoms with Crippen molar-refractivity contribution in [3.8, 4) is 0 Å². The number of nitrogens with zero attached hydrogens (tertiary/aromatic N) is 1. The Balaban J connectivity index is 1.80. The Hall–Kier alpha value is -1.10. The lowest BCUT2D eigenvalue weighted by Crippen LogP contribution is -2.54. The van der Waals surface area contributed by atoms with Gasteiger partial charge in [-0.25, -0.2) is 0 Å². The number of rotatable bonds is 7. The molecule has 1 amide bonds. The third-order valence-electron chi connectivity index (χ3n) is 5.13. The summed E-state index contributed by atoms with van der Waals surface area (Å²) in [5.74, 6) is 0.0277. The van der Waals surface area contributed by atoms with Gasteiger partial charge in [0.15, 0.2) is 0 Å². The van der Waals surface area contributed by atoms with Crippen molar-refractivity contribution in [1.82, 2.24) is 10.2 Å². The van der Waals surface area contributed by atoms with E-state index in [2.05, 4.69) is 36.6 Å². The van der Waals surface area contributed by atoms with Crippen molar-refractivity contribution in [1.29, 1.82) is 0 Å². The fourth-order valence-electron chi connectivity index (χ4n) is 3.45. The second-order valence-corrected chi connectivity index (χ2v) is 7.66. The van der Waals surface area contributed by atoms with Crippen LogP contribution in [0, 0.1) is 0 Å². The molecule has 5 heteroatoms. The van der Waals surface area contributed by atoms with Gasteiger partial charge in [0.2, 0.25) is 5.91 Å². The topological polar surface area (TPSA) is 44.4 Å². The number of halogens is 1. The van der Waals surface area contributed by atoms with Gasteiger partial charge in [-0.3, -0.25) is 4.79 Å². The number of benzene rings is 1. The van der Waals surface area contributed by atoms with Gasteiger partial charge in [0.05, 0.1) is 0 Å². The predicted molar refractivity (Wildman–Crippen MR) is 102 cm³/mol. The lowest BCUT2D eigenvalue weighted by molar-refractivity contribution is -0.116. The Morgan fingerprint density at radius 1 is 1.21 bits per heavy atom. The first-order valence-electron chi connectivity index (χ1n) is 8.87. The number of anilines is 1. The van der Waals surface area contributed by atoms with Crippen LogP contribution in [0.2, 0.25) is 5.02 Å². The average molecular weight is 352 g/mol. The highest BCUT2D eigenvalue weighted by Crippen LogP contribution is 2.31. The molecule has 1 aromatic carbocycles. The highest BCUT2D eigenvalue weighted by Gasteiger charge is 2.34. The monoisotopic (exact) mass is 351 g/mol. The van der Waals surface area contributed by atoms with E-state index in [1.807, 2.05) is 12.1 Å². The smallest absolute Gasteiger partial charge is 0.225 e. The molecular weight excluding hydrogens is 322 g/mol. The summed E-state index contributed by atoms with van der Waals surface area (Å²) in [6.07, 6.45) is 6.87. The van der Waals surface area contributed by atoms with Crippen molar-refractivity contribution in [2.24, 2.45) is 0 Å². The van der Waals surface area contributed by atoms with Crippen LogP contribution in [0.1, 0.15) is 45.4 Å². The molecule has 1 aromatic rings. The van der Waals surface area contributed by atoms with Crippen molar-refractivity contribution in [2.75, 3.05) is 26.0 Å². The molecule has 2 rings (SSSR count). The van der Waals surface area contributed by atoms with E-state index < -0.39 is 0 Å². The summed E-state index contributed by atoms with van der Waals surface area (Å²) in [6.45, 7) is 3.02. The molecule has 134 valence electrons. The number of hydrogen-bond acceptors (Lipinski definition) is 3. The average Bonchev–Trinajstić information content (AvgIpc) is 2.56. The number of nitrogens with one attached hydrogen (secondary N) is 2. The maximum atomic E-state index is 12.2. The normalized spacial score (nSPS) is 18.4. The van der Waals surface area contributed by atoms with E-state index in [1.165, 1.54) is 32.1 Å². The van der Waals surface area contributed by atoms with Gasteiger partial charge in [-0.05, 0) is 58.1 Å². The van der Waals surface area contributed by atoms with Crippen LogP contribution in [-0.4, -0.2) is 43.0 Å². The molecule has 0 aliphatic heterocycles. The molecule has 0 radical (unpaired) electrons. The Morgan fingerprint density at radius 2 is 1.83 bits per heavy atom. The van der Waals surface area contributed by atoms with Crippen LogP contribution in [0.5, 0.6) is 0 Å². The molecule has 1 aliphatic rings. The van der Waals surface area contributed by atoms with Crippen molar-refractivity contribution < 1.29 is 4.79 Å². The van der Waals surface area contributed by atoms with Crippen molar-refractivity contribution in [3.05, 3.63) is 29.3 Å². The zero-order valence-corrected chi connectivity index (χ0v) is 15.8. The van der Waals surface area contributed by atoms with Crippen molar-refractivity contribution in [3.63, 3.8) is 0 Å². The summed E-state index contributed by atoms with van der Waals surface area (Å²) in [7, 11) is 4.34. The first-order valence-corrected chi connectivity index (χ1v) is 9.25. The lowest BCUT2D eigenvalue weighted by Gasteiger charge is -2.44. The summed E-state index contributed by atoms with van der Waals surface area (Å²) in [5, 5.41) is 7.17. The van der Waals surface area contributed by atoms with Crippen molar-refractivity contribution >= 4 is 23.2 Å². The molecule has 1 aliphatic carbocycles. The van der Waals surface area contributed by atoms with Gasteiger partial charge >= 0.3 is 0 Å². The number of carbonyl (C=O) groups is 1. The van der Waals surface area contributed by atoms with Gasteiger partial charge in [0.25, 0.3) is 0 Å². The van der Waals surface area contributed by atoms with Crippen LogP contribution >= 0.6 is 11.6 Å². The molecule has 0 spiro atoms. The van der Waals surface area contributed by atoms with Crippen LogP contribution in [0.15, 0.2) is 24.3 Å². The highest BCUT2D eigenvalue weighted by molar-refractivity contribution is 6.30. The molecule has 0 heterocycles. The number of hydrogen-bond donors (Lipinski definition) is 2. The van der Waals surface area contributed by atoms with E-state index in [0.717, 1.165) is 12.2 Å². The molecule has 0 bridgehead atoms. The molecule has 4 nitrogen and oxygen atoms in total. The molecule has 0 unspecified atom stereocenters. The fourth-order valence-corrected chi connectivity index (χ4v) is 3.58. The van der Waals surface area contributed by atoms with E-state index in [1.54, 1.807) is 12.1 Å². The first-order chi connectivity index (χ1) is 11.4. The first kappa shape index (κ1) is 19.2. The fraction of sp³-hybridized carbons (Fsp3) is 0.632. The summed E-state index contributed by atoms with van der Waals surface area (Å²) in [4.78, 5) is 14.5. The predicted octanol–water partition coefficient (Wildman–Crippen LogP) is 3.91. The largest absolute Gasteiger partial charge is 0.326 e. The Kier molecular flexibility index (Phi) is 7.08. The third kappa shape index (κ3) is 5.47. The lowest BCUT2D eigenvalue weighted by atomic mass is 9.80. The molecule has 0 saturated heterocycles. The number of likely N-dealkylation sites (N-methyl/N-ethyl adjacent to an activating group) is 1. The second-order valence-electron chi connectivity index (χ2n) is 7.22. The van der Waals surface area contributed by atoms with Crippen LogP contribution in [0.3, 0.4) is 0 Å². The molecule has 0 aromatic heterocycles. The zero-order valence-electron chi connectivity index (χ0n) is 15.1. The van der Waals surface area contributed by atoms with Gasteiger partial charge in [-0.1, -0.05) is 30.9 Å². The maximum Gasteiger partial charge on any atom is 0.225 e. The van der Waals surface area contributed by atoms with Crippen LogP contribution in [0.4, 0.5) is 5.69 Å². The van der Waals surface area contributed by atoms with E-state index in [9.17, 15) is 4.79 Å². The van der Waals surface area contributed by atoms with Crippen molar-refractivity contribution in [2.45, 2.75) is 57.0 Å². The summed E-state index contributed by atoms with van der Waals surface area (Å²) < 4.78 is 0. The van der Waals surface area contributed by atoms with Crippen LogP contribution in [-0.2, 0) is 4.79 Å². The molecular formula is C19H30ClN3O. The summed E-state index contributed by atoms with van der Waals surface area (Å²) in [6, 6.07) is 7.35. The summed E-state index contributed by atoms with van der Waals surface area (Å²) in [5.41, 5.74) is 1.02. The SMILES string of the molecule is C[C@@H](CC(=O)Nc1ccc(Cl)cc1)NCC1(N(C)C)CCCCC1. The van der Waals surface area contributed by atoms with E-state index >= 15 is 0 Å². The standard InChI is InChI=1S/C19H30ClN3O/c1-15(13-18(24)22-17-9-7-16(20)8-10-17)21-14-19(23(2)3)11-5-4-6-12-19/h7-10,15,21H,4-6,11-14H2,1-3H3,(H,22,24)/t15-/m0/s1. The minimum Gasteiger partial charge on any atom is -0.326 e. The van der Waals surface area contributed by atoms with E-state index in [-0.39, 0.29) is 17.5 Å². The van der Waals surface area contributed by atoms with Gasteiger partial charge < -0.3 is 15.5 Å². The molecule has 1 fully saturated rings. The number of carbonyl (C=O) groups excluding carboxylic acids is 1. The molecule has 2 N–H and O–H groups in total. The minimum atomic E-state index is 0.0277. The van der Waals surface area contributed by atoms with Gasteiger partial charge in [-0.15, -0.1) is 0 Å². The molecule has 1 atom stereocenters. The van der Waals surface area contributed by atoms with E-state index in [4.69, 9.17) is 11.6 Å². The van der Waals surface area contributed by atoms with Gasteiger partial charge in [-0.2, -0.15) is 0 Å².